The molecule has 4 rings (SSSR count). The molecular formula is C16H20N6O4S. The molecule has 1 saturated heterocycles. The molecule has 2 aliphatic heterocycles. The van der Waals surface area contributed by atoms with Crippen LogP contribution in [0.2, 0.25) is 0 Å². The molecule has 0 atom stereocenters. The Bertz CT molecular complexity index is 948. The van der Waals surface area contributed by atoms with Gasteiger partial charge in [0.05, 0.1) is 16.4 Å². The van der Waals surface area contributed by atoms with E-state index in [2.05, 4.69) is 20.1 Å². The summed E-state index contributed by atoms with van der Waals surface area (Å²) in [5.74, 6) is 2.06. The number of hydrogen-bond donors (Lipinski definition) is 1. The van der Waals surface area contributed by atoms with Gasteiger partial charge in [0, 0.05) is 44.2 Å². The standard InChI is InChI=1S/C16H20N6O4S/c23-22(24)13-1-3-14(4-2-13)27(25,26)20-8-5-12(6-9-20)16-19-18-15-11-17-7-10-21(15)16/h1-4,12,17H,5-11H2. The fraction of sp³-hybridized carbons (Fsp3) is 0.500. The van der Waals surface area contributed by atoms with Gasteiger partial charge in [0.1, 0.15) is 11.6 Å². The fourth-order valence-electron chi connectivity index (χ4n) is 3.66. The molecule has 1 fully saturated rings. The van der Waals surface area contributed by atoms with Crippen molar-refractivity contribution in [1.82, 2.24) is 24.4 Å². The topological polar surface area (TPSA) is 123 Å². The molecule has 3 heterocycles. The van der Waals surface area contributed by atoms with E-state index in [1.807, 2.05) is 0 Å². The average molecular weight is 392 g/mol. The molecule has 0 unspecified atom stereocenters. The van der Waals surface area contributed by atoms with Crippen molar-refractivity contribution in [2.24, 2.45) is 0 Å². The van der Waals surface area contributed by atoms with Crippen LogP contribution in [0.3, 0.4) is 0 Å². The summed E-state index contributed by atoms with van der Waals surface area (Å²) in [6.45, 7) is 3.21. The van der Waals surface area contributed by atoms with E-state index in [0.29, 0.717) is 32.5 Å². The Kier molecular flexibility index (Phi) is 4.66. The van der Waals surface area contributed by atoms with Crippen molar-refractivity contribution in [2.75, 3.05) is 19.6 Å². The molecule has 0 amide bonds. The van der Waals surface area contributed by atoms with Crippen LogP contribution < -0.4 is 5.32 Å². The van der Waals surface area contributed by atoms with E-state index in [0.717, 1.165) is 24.7 Å². The summed E-state index contributed by atoms with van der Waals surface area (Å²) in [6.07, 6.45) is 1.36. The zero-order chi connectivity index (χ0) is 19.0. The van der Waals surface area contributed by atoms with Crippen LogP contribution in [0.15, 0.2) is 29.2 Å². The molecule has 27 heavy (non-hydrogen) atoms. The van der Waals surface area contributed by atoms with Crippen LogP contribution in [0.4, 0.5) is 5.69 Å². The van der Waals surface area contributed by atoms with Gasteiger partial charge in [-0.25, -0.2) is 8.42 Å². The minimum absolute atomic E-state index is 0.0810. The first-order valence-corrected chi connectivity index (χ1v) is 10.3. The van der Waals surface area contributed by atoms with Crippen molar-refractivity contribution in [2.45, 2.75) is 36.7 Å². The number of rotatable bonds is 4. The highest BCUT2D eigenvalue weighted by atomic mass is 32.2. The number of sulfonamides is 1. The molecule has 1 aromatic carbocycles. The third-order valence-electron chi connectivity index (χ3n) is 5.16. The Hall–Kier alpha value is -2.37. The molecular weight excluding hydrogens is 372 g/mol. The Morgan fingerprint density at radius 3 is 2.48 bits per heavy atom. The summed E-state index contributed by atoms with van der Waals surface area (Å²) in [4.78, 5) is 10.3. The Morgan fingerprint density at radius 1 is 1.11 bits per heavy atom. The van der Waals surface area contributed by atoms with Crippen LogP contribution in [0.5, 0.6) is 0 Å². The Balaban J connectivity index is 1.47. The third kappa shape index (κ3) is 3.33. The maximum Gasteiger partial charge on any atom is 0.269 e. The van der Waals surface area contributed by atoms with Gasteiger partial charge in [-0.05, 0) is 25.0 Å². The first-order chi connectivity index (χ1) is 13.0. The van der Waals surface area contributed by atoms with Crippen molar-refractivity contribution in [3.8, 4) is 0 Å². The quantitative estimate of drug-likeness (QED) is 0.604. The van der Waals surface area contributed by atoms with E-state index >= 15 is 0 Å². The SMILES string of the molecule is O=[N+]([O-])c1ccc(S(=O)(=O)N2CCC(c3nnc4n3CCNC4)CC2)cc1. The predicted molar refractivity (Wildman–Crippen MR) is 95.6 cm³/mol. The number of nitrogens with zero attached hydrogens (tertiary/aromatic N) is 5. The first-order valence-electron chi connectivity index (χ1n) is 8.84. The van der Waals surface area contributed by atoms with E-state index in [9.17, 15) is 18.5 Å². The zero-order valence-corrected chi connectivity index (χ0v) is 15.4. The summed E-state index contributed by atoms with van der Waals surface area (Å²) in [5, 5.41) is 22.6. The van der Waals surface area contributed by atoms with Crippen LogP contribution >= 0.6 is 0 Å². The monoisotopic (exact) mass is 392 g/mol. The lowest BCUT2D eigenvalue weighted by Gasteiger charge is -2.31. The van der Waals surface area contributed by atoms with Crippen molar-refractivity contribution >= 4 is 15.7 Å². The highest BCUT2D eigenvalue weighted by molar-refractivity contribution is 7.89. The number of fused-ring (bicyclic) bond motifs is 1. The molecule has 0 radical (unpaired) electrons. The van der Waals surface area contributed by atoms with Crippen LogP contribution in [-0.2, 0) is 23.1 Å². The van der Waals surface area contributed by atoms with Crippen molar-refractivity contribution in [3.05, 3.63) is 46.0 Å². The average Bonchev–Trinajstić information content (AvgIpc) is 3.12. The molecule has 2 aromatic rings. The second kappa shape index (κ2) is 6.98. The van der Waals surface area contributed by atoms with E-state index in [1.54, 1.807) is 0 Å². The minimum Gasteiger partial charge on any atom is -0.312 e. The smallest absolute Gasteiger partial charge is 0.269 e. The molecule has 0 spiro atoms. The number of benzene rings is 1. The second-order valence-corrected chi connectivity index (χ2v) is 8.67. The molecule has 0 aliphatic carbocycles. The highest BCUT2D eigenvalue weighted by Gasteiger charge is 2.32. The van der Waals surface area contributed by atoms with Gasteiger partial charge in [0.25, 0.3) is 5.69 Å². The lowest BCUT2D eigenvalue weighted by Crippen LogP contribution is -2.38. The van der Waals surface area contributed by atoms with Gasteiger partial charge in [0.15, 0.2) is 0 Å². The zero-order valence-electron chi connectivity index (χ0n) is 14.6. The number of nitro groups is 1. The number of aromatic nitrogens is 3. The first kappa shape index (κ1) is 18.0. The van der Waals surface area contributed by atoms with E-state index < -0.39 is 14.9 Å². The number of nitrogens with one attached hydrogen (secondary N) is 1. The van der Waals surface area contributed by atoms with Gasteiger partial charge < -0.3 is 9.88 Å². The molecule has 0 saturated carbocycles. The van der Waals surface area contributed by atoms with E-state index in [1.165, 1.54) is 28.6 Å². The molecule has 0 bridgehead atoms. The van der Waals surface area contributed by atoms with Gasteiger partial charge in [-0.15, -0.1) is 10.2 Å². The van der Waals surface area contributed by atoms with Crippen LogP contribution in [-0.4, -0.2) is 52.0 Å². The molecule has 11 heteroatoms. The molecule has 1 N–H and O–H groups in total. The maximum absolute atomic E-state index is 12.8. The lowest BCUT2D eigenvalue weighted by molar-refractivity contribution is -0.384. The molecule has 10 nitrogen and oxygen atoms in total. The minimum atomic E-state index is -3.66. The summed E-state index contributed by atoms with van der Waals surface area (Å²) in [7, 11) is -3.66. The molecule has 2 aliphatic rings. The van der Waals surface area contributed by atoms with Gasteiger partial charge in [-0.3, -0.25) is 10.1 Å². The van der Waals surface area contributed by atoms with Gasteiger partial charge in [-0.2, -0.15) is 4.31 Å². The van der Waals surface area contributed by atoms with E-state index in [4.69, 9.17) is 0 Å². The van der Waals surface area contributed by atoms with Gasteiger partial charge >= 0.3 is 0 Å². The molecule has 1 aromatic heterocycles. The number of hydrogen-bond acceptors (Lipinski definition) is 7. The van der Waals surface area contributed by atoms with Gasteiger partial charge in [0.2, 0.25) is 10.0 Å². The fourth-order valence-corrected chi connectivity index (χ4v) is 5.13. The van der Waals surface area contributed by atoms with Crippen molar-refractivity contribution in [1.29, 1.82) is 0 Å². The van der Waals surface area contributed by atoms with E-state index in [-0.39, 0.29) is 16.5 Å². The summed E-state index contributed by atoms with van der Waals surface area (Å²) in [5.41, 5.74) is -0.126. The number of piperidine rings is 1. The number of nitro benzene ring substituents is 1. The number of non-ortho nitro benzene ring substituents is 1. The lowest BCUT2D eigenvalue weighted by atomic mass is 9.97. The Labute approximate surface area is 156 Å². The Morgan fingerprint density at radius 2 is 1.81 bits per heavy atom. The summed E-state index contributed by atoms with van der Waals surface area (Å²) < 4.78 is 29.2. The van der Waals surface area contributed by atoms with Gasteiger partial charge in [-0.1, -0.05) is 0 Å². The van der Waals surface area contributed by atoms with Crippen molar-refractivity contribution in [3.63, 3.8) is 0 Å². The maximum atomic E-state index is 12.8. The van der Waals surface area contributed by atoms with Crippen LogP contribution in [0.1, 0.15) is 30.4 Å². The normalized spacial score (nSPS) is 19.0. The highest BCUT2D eigenvalue weighted by Crippen LogP contribution is 2.31. The largest absolute Gasteiger partial charge is 0.312 e. The molecule has 144 valence electrons. The van der Waals surface area contributed by atoms with Crippen LogP contribution in [0, 0.1) is 10.1 Å². The summed E-state index contributed by atoms with van der Waals surface area (Å²) in [6, 6.07) is 5.02. The predicted octanol–water partition coefficient (Wildman–Crippen LogP) is 0.858. The second-order valence-electron chi connectivity index (χ2n) is 6.73. The van der Waals surface area contributed by atoms with Crippen molar-refractivity contribution < 1.29 is 13.3 Å². The van der Waals surface area contributed by atoms with Crippen LogP contribution in [0.25, 0.3) is 0 Å². The third-order valence-corrected chi connectivity index (χ3v) is 7.07. The summed E-state index contributed by atoms with van der Waals surface area (Å²) >= 11 is 0.